The highest BCUT2D eigenvalue weighted by Gasteiger charge is 2.10. The third-order valence-corrected chi connectivity index (χ3v) is 2.29. The Morgan fingerprint density at radius 2 is 1.53 bits per heavy atom. The molecule has 1 heteroatoms. The molecule has 0 aromatic heterocycles. The minimum atomic E-state index is -0.251. The number of hydrogen-bond donors (Lipinski definition) is 1. The Hall–Kier alpha value is -0.820. The SMILES string of the molecule is CC(O)Cc1ccc(CC(C)(C)C)cc1. The molecule has 0 saturated heterocycles. The van der Waals surface area contributed by atoms with E-state index in [1.807, 2.05) is 6.92 Å². The summed E-state index contributed by atoms with van der Waals surface area (Å²) in [5.74, 6) is 0. The van der Waals surface area contributed by atoms with E-state index in [0.717, 1.165) is 12.8 Å². The second-order valence-corrected chi connectivity index (χ2v) is 5.61. The Kier molecular flexibility index (Phi) is 3.92. The quantitative estimate of drug-likeness (QED) is 0.805. The first-order valence-electron chi connectivity index (χ1n) is 5.63. The van der Waals surface area contributed by atoms with E-state index in [4.69, 9.17) is 0 Å². The van der Waals surface area contributed by atoms with Gasteiger partial charge in [0.05, 0.1) is 6.10 Å². The van der Waals surface area contributed by atoms with Crippen LogP contribution in [0.5, 0.6) is 0 Å². The first-order valence-corrected chi connectivity index (χ1v) is 5.63. The summed E-state index contributed by atoms with van der Waals surface area (Å²) in [6.07, 6.45) is 1.59. The standard InChI is InChI=1S/C14H22O/c1-11(15)9-12-5-7-13(8-6-12)10-14(2,3)4/h5-8,11,15H,9-10H2,1-4H3. The summed E-state index contributed by atoms with van der Waals surface area (Å²) >= 11 is 0. The van der Waals surface area contributed by atoms with Crippen molar-refractivity contribution < 1.29 is 5.11 Å². The second-order valence-electron chi connectivity index (χ2n) is 5.61. The second kappa shape index (κ2) is 4.80. The van der Waals surface area contributed by atoms with E-state index in [0.29, 0.717) is 5.41 Å². The summed E-state index contributed by atoms with van der Waals surface area (Å²) in [7, 11) is 0. The summed E-state index contributed by atoms with van der Waals surface area (Å²) in [5, 5.41) is 9.26. The predicted molar refractivity (Wildman–Crippen MR) is 65.0 cm³/mol. The van der Waals surface area contributed by atoms with Gasteiger partial charge in [-0.15, -0.1) is 0 Å². The molecule has 0 amide bonds. The zero-order chi connectivity index (χ0) is 11.5. The van der Waals surface area contributed by atoms with Crippen LogP contribution in [0.3, 0.4) is 0 Å². The number of benzene rings is 1. The van der Waals surface area contributed by atoms with E-state index in [9.17, 15) is 5.11 Å². The van der Waals surface area contributed by atoms with Crippen molar-refractivity contribution >= 4 is 0 Å². The number of rotatable bonds is 3. The maximum Gasteiger partial charge on any atom is 0.0552 e. The third-order valence-electron chi connectivity index (χ3n) is 2.29. The molecule has 0 spiro atoms. The highest BCUT2D eigenvalue weighted by molar-refractivity contribution is 5.23. The smallest absolute Gasteiger partial charge is 0.0552 e. The van der Waals surface area contributed by atoms with E-state index in [2.05, 4.69) is 45.0 Å². The van der Waals surface area contributed by atoms with Crippen LogP contribution < -0.4 is 0 Å². The molecule has 1 N–H and O–H groups in total. The van der Waals surface area contributed by atoms with Gasteiger partial charge in [0.1, 0.15) is 0 Å². The van der Waals surface area contributed by atoms with Crippen LogP contribution in [0, 0.1) is 5.41 Å². The average molecular weight is 206 g/mol. The van der Waals surface area contributed by atoms with Gasteiger partial charge >= 0.3 is 0 Å². The third kappa shape index (κ3) is 4.98. The molecule has 1 nitrogen and oxygen atoms in total. The van der Waals surface area contributed by atoms with Gasteiger partial charge in [0.2, 0.25) is 0 Å². The van der Waals surface area contributed by atoms with E-state index < -0.39 is 0 Å². The number of hydrogen-bond acceptors (Lipinski definition) is 1. The van der Waals surface area contributed by atoms with Crippen LogP contribution in [0.15, 0.2) is 24.3 Å². The van der Waals surface area contributed by atoms with Crippen LogP contribution in [0.25, 0.3) is 0 Å². The molecule has 15 heavy (non-hydrogen) atoms. The van der Waals surface area contributed by atoms with Gasteiger partial charge in [-0.25, -0.2) is 0 Å². The zero-order valence-electron chi connectivity index (χ0n) is 10.2. The van der Waals surface area contributed by atoms with Crippen molar-refractivity contribution in [1.82, 2.24) is 0 Å². The van der Waals surface area contributed by atoms with Gasteiger partial charge < -0.3 is 5.11 Å². The highest BCUT2D eigenvalue weighted by atomic mass is 16.3. The fourth-order valence-electron chi connectivity index (χ4n) is 1.75. The van der Waals surface area contributed by atoms with Gasteiger partial charge in [-0.3, -0.25) is 0 Å². The van der Waals surface area contributed by atoms with E-state index >= 15 is 0 Å². The molecule has 1 atom stereocenters. The Morgan fingerprint density at radius 1 is 1.07 bits per heavy atom. The van der Waals surface area contributed by atoms with E-state index in [1.165, 1.54) is 11.1 Å². The Labute approximate surface area is 93.1 Å². The lowest BCUT2D eigenvalue weighted by Gasteiger charge is -2.18. The molecule has 0 saturated carbocycles. The number of aliphatic hydroxyl groups is 1. The normalized spacial score (nSPS) is 13.9. The summed E-state index contributed by atoms with van der Waals surface area (Å²) in [4.78, 5) is 0. The predicted octanol–water partition coefficient (Wildman–Crippen LogP) is 3.20. The molecule has 0 aliphatic carbocycles. The van der Waals surface area contributed by atoms with Crippen molar-refractivity contribution in [2.24, 2.45) is 5.41 Å². The summed E-state index contributed by atoms with van der Waals surface area (Å²) < 4.78 is 0. The van der Waals surface area contributed by atoms with Crippen LogP contribution in [0.4, 0.5) is 0 Å². The van der Waals surface area contributed by atoms with Gasteiger partial charge in [0, 0.05) is 0 Å². The lowest BCUT2D eigenvalue weighted by Crippen LogP contribution is -2.09. The summed E-state index contributed by atoms with van der Waals surface area (Å²) in [6.45, 7) is 8.56. The van der Waals surface area contributed by atoms with Crippen molar-refractivity contribution in [3.63, 3.8) is 0 Å². The van der Waals surface area contributed by atoms with Crippen molar-refractivity contribution in [3.8, 4) is 0 Å². The van der Waals surface area contributed by atoms with Gasteiger partial charge in [-0.2, -0.15) is 0 Å². The van der Waals surface area contributed by atoms with Crippen LogP contribution >= 0.6 is 0 Å². The molecule has 1 aromatic carbocycles. The summed E-state index contributed by atoms with van der Waals surface area (Å²) in [6, 6.07) is 8.58. The number of aliphatic hydroxyl groups excluding tert-OH is 1. The molecule has 0 radical (unpaired) electrons. The Balaban J connectivity index is 2.64. The fourth-order valence-corrected chi connectivity index (χ4v) is 1.75. The molecule has 0 fully saturated rings. The molecule has 1 aromatic rings. The molecule has 0 aliphatic rings. The van der Waals surface area contributed by atoms with Crippen LogP contribution in [-0.2, 0) is 12.8 Å². The first-order chi connectivity index (χ1) is 6.87. The van der Waals surface area contributed by atoms with Crippen molar-refractivity contribution in [2.75, 3.05) is 0 Å². The largest absolute Gasteiger partial charge is 0.393 e. The van der Waals surface area contributed by atoms with Gasteiger partial charge in [0.25, 0.3) is 0 Å². The highest BCUT2D eigenvalue weighted by Crippen LogP contribution is 2.20. The van der Waals surface area contributed by atoms with Gasteiger partial charge in [-0.05, 0) is 36.3 Å². The first kappa shape index (κ1) is 12.3. The van der Waals surface area contributed by atoms with Crippen LogP contribution in [-0.4, -0.2) is 11.2 Å². The van der Waals surface area contributed by atoms with Crippen molar-refractivity contribution in [2.45, 2.75) is 46.6 Å². The van der Waals surface area contributed by atoms with Crippen LogP contribution in [0.1, 0.15) is 38.8 Å². The maximum atomic E-state index is 9.26. The van der Waals surface area contributed by atoms with Crippen LogP contribution in [0.2, 0.25) is 0 Å². The average Bonchev–Trinajstić information content (AvgIpc) is 2.05. The lowest BCUT2D eigenvalue weighted by atomic mass is 9.88. The lowest BCUT2D eigenvalue weighted by molar-refractivity contribution is 0.195. The Morgan fingerprint density at radius 3 is 1.93 bits per heavy atom. The minimum Gasteiger partial charge on any atom is -0.393 e. The topological polar surface area (TPSA) is 20.2 Å². The monoisotopic (exact) mass is 206 g/mol. The molecule has 0 aliphatic heterocycles. The molecule has 84 valence electrons. The Bertz CT molecular complexity index is 290. The molecule has 0 heterocycles. The molecule has 1 unspecified atom stereocenters. The van der Waals surface area contributed by atoms with Gasteiger partial charge in [0.15, 0.2) is 0 Å². The summed E-state index contributed by atoms with van der Waals surface area (Å²) in [5.41, 5.74) is 2.92. The molecular weight excluding hydrogens is 184 g/mol. The van der Waals surface area contributed by atoms with Crippen molar-refractivity contribution in [1.29, 1.82) is 0 Å². The maximum absolute atomic E-state index is 9.26. The fraction of sp³-hybridized carbons (Fsp3) is 0.571. The zero-order valence-corrected chi connectivity index (χ0v) is 10.2. The minimum absolute atomic E-state index is 0.251. The van der Waals surface area contributed by atoms with Gasteiger partial charge in [-0.1, -0.05) is 45.0 Å². The van der Waals surface area contributed by atoms with E-state index in [-0.39, 0.29) is 6.10 Å². The molecule has 1 rings (SSSR count). The molecule has 0 bridgehead atoms. The van der Waals surface area contributed by atoms with E-state index in [1.54, 1.807) is 0 Å². The molecular formula is C14H22O. The van der Waals surface area contributed by atoms with Crippen molar-refractivity contribution in [3.05, 3.63) is 35.4 Å².